The number of nitrogens with one attached hydrogen (secondary N) is 1. The molecule has 3 aromatic rings. The van der Waals surface area contributed by atoms with Crippen LogP contribution in [0.2, 0.25) is 10.0 Å². The maximum absolute atomic E-state index is 13.8. The van der Waals surface area contributed by atoms with Crippen molar-refractivity contribution in [2.45, 2.75) is 52.1 Å². The minimum atomic E-state index is -0.678. The maximum Gasteiger partial charge on any atom is 0.243 e. The van der Waals surface area contributed by atoms with E-state index in [9.17, 15) is 9.59 Å². The molecular weight excluding hydrogens is 479 g/mol. The van der Waals surface area contributed by atoms with E-state index in [2.05, 4.69) is 12.2 Å². The van der Waals surface area contributed by atoms with Gasteiger partial charge >= 0.3 is 0 Å². The summed E-state index contributed by atoms with van der Waals surface area (Å²) in [7, 11) is 0. The Labute approximate surface area is 218 Å². The smallest absolute Gasteiger partial charge is 0.243 e. The fourth-order valence-corrected chi connectivity index (χ4v) is 4.52. The Morgan fingerprint density at radius 1 is 0.914 bits per heavy atom. The summed E-state index contributed by atoms with van der Waals surface area (Å²) in [6.45, 7) is 4.97. The van der Waals surface area contributed by atoms with Crippen molar-refractivity contribution in [1.82, 2.24) is 10.2 Å². The summed E-state index contributed by atoms with van der Waals surface area (Å²) >= 11 is 12.8. The Balaban J connectivity index is 1.99. The number of hydrogen-bond acceptors (Lipinski definition) is 2. The van der Waals surface area contributed by atoms with Crippen LogP contribution in [0, 0.1) is 6.92 Å². The number of benzene rings is 3. The van der Waals surface area contributed by atoms with Crippen molar-refractivity contribution in [3.63, 3.8) is 0 Å². The largest absolute Gasteiger partial charge is 0.354 e. The van der Waals surface area contributed by atoms with Gasteiger partial charge in [0.2, 0.25) is 11.8 Å². The van der Waals surface area contributed by atoms with E-state index >= 15 is 0 Å². The van der Waals surface area contributed by atoms with Crippen molar-refractivity contribution < 1.29 is 9.59 Å². The molecular formula is C29H32Cl2N2O2. The average Bonchev–Trinajstić information content (AvgIpc) is 2.85. The van der Waals surface area contributed by atoms with E-state index in [-0.39, 0.29) is 18.2 Å². The lowest BCUT2D eigenvalue weighted by atomic mass is 10.0. The van der Waals surface area contributed by atoms with E-state index in [1.807, 2.05) is 61.5 Å². The first-order valence-corrected chi connectivity index (χ1v) is 12.7. The molecule has 1 atom stereocenters. The van der Waals surface area contributed by atoms with Gasteiger partial charge < -0.3 is 10.2 Å². The van der Waals surface area contributed by atoms with Crippen molar-refractivity contribution in [1.29, 1.82) is 0 Å². The minimum Gasteiger partial charge on any atom is -0.354 e. The first-order chi connectivity index (χ1) is 16.9. The molecule has 0 aliphatic heterocycles. The van der Waals surface area contributed by atoms with Crippen LogP contribution in [0.4, 0.5) is 0 Å². The number of unbranched alkanes of at least 4 members (excludes halogenated alkanes) is 1. The zero-order valence-corrected chi connectivity index (χ0v) is 21.8. The number of aryl methyl sites for hydroxylation is 1. The molecule has 35 heavy (non-hydrogen) atoms. The second-order valence-electron chi connectivity index (χ2n) is 8.68. The topological polar surface area (TPSA) is 49.4 Å². The van der Waals surface area contributed by atoms with Gasteiger partial charge in [0, 0.05) is 29.6 Å². The molecule has 184 valence electrons. The highest BCUT2D eigenvalue weighted by Crippen LogP contribution is 2.26. The number of amides is 2. The molecule has 0 aliphatic rings. The van der Waals surface area contributed by atoms with Gasteiger partial charge in [-0.3, -0.25) is 9.59 Å². The third kappa shape index (κ3) is 7.58. The van der Waals surface area contributed by atoms with E-state index < -0.39 is 6.04 Å². The minimum absolute atomic E-state index is 0.0118. The summed E-state index contributed by atoms with van der Waals surface area (Å²) in [5.41, 5.74) is 3.61. The molecule has 0 bridgehead atoms. The van der Waals surface area contributed by atoms with Crippen LogP contribution in [-0.4, -0.2) is 29.3 Å². The second-order valence-corrected chi connectivity index (χ2v) is 9.49. The standard InChI is InChI=1S/C29H32Cl2N2O2/c1-3-4-17-32-29(35)27(18-22-12-6-5-7-13-22)33(20-23-14-9-8-11-21(23)2)28(34)19-24-25(30)15-10-16-26(24)31/h5-16,27H,3-4,17-20H2,1-2H3,(H,32,35). The van der Waals surface area contributed by atoms with Gasteiger partial charge in [-0.15, -0.1) is 0 Å². The first-order valence-electron chi connectivity index (χ1n) is 12.0. The van der Waals surface area contributed by atoms with Crippen molar-refractivity contribution in [3.8, 4) is 0 Å². The molecule has 1 N–H and O–H groups in total. The summed E-state index contributed by atoms with van der Waals surface area (Å²) in [6, 6.07) is 22.2. The third-order valence-corrected chi connectivity index (χ3v) is 6.80. The van der Waals surface area contributed by atoms with Crippen LogP contribution in [0.15, 0.2) is 72.8 Å². The lowest BCUT2D eigenvalue weighted by Crippen LogP contribution is -2.51. The number of hydrogen-bond donors (Lipinski definition) is 1. The maximum atomic E-state index is 13.8. The van der Waals surface area contributed by atoms with Crippen molar-refractivity contribution in [3.05, 3.63) is 105 Å². The Morgan fingerprint density at radius 2 is 1.57 bits per heavy atom. The Hall–Kier alpha value is -2.82. The van der Waals surface area contributed by atoms with Crippen LogP contribution in [0.5, 0.6) is 0 Å². The van der Waals surface area contributed by atoms with Gasteiger partial charge in [-0.25, -0.2) is 0 Å². The second kappa shape index (κ2) is 13.3. The molecule has 3 aromatic carbocycles. The van der Waals surface area contributed by atoms with E-state index in [0.717, 1.165) is 29.5 Å². The van der Waals surface area contributed by atoms with Gasteiger partial charge in [-0.05, 0) is 47.7 Å². The molecule has 0 aliphatic carbocycles. The fourth-order valence-electron chi connectivity index (χ4n) is 3.99. The Morgan fingerprint density at radius 3 is 2.23 bits per heavy atom. The normalized spacial score (nSPS) is 11.7. The van der Waals surface area contributed by atoms with Crippen LogP contribution >= 0.6 is 23.2 Å². The lowest BCUT2D eigenvalue weighted by Gasteiger charge is -2.32. The van der Waals surface area contributed by atoms with Crippen LogP contribution < -0.4 is 5.32 Å². The van der Waals surface area contributed by atoms with Crippen LogP contribution in [-0.2, 0) is 29.0 Å². The Kier molecular flexibility index (Phi) is 10.2. The zero-order chi connectivity index (χ0) is 25.2. The molecule has 0 spiro atoms. The zero-order valence-electron chi connectivity index (χ0n) is 20.3. The summed E-state index contributed by atoms with van der Waals surface area (Å²) in [4.78, 5) is 29.0. The molecule has 6 heteroatoms. The van der Waals surface area contributed by atoms with Crippen LogP contribution in [0.25, 0.3) is 0 Å². The predicted molar refractivity (Wildman–Crippen MR) is 144 cm³/mol. The van der Waals surface area contributed by atoms with Gasteiger partial charge in [0.25, 0.3) is 0 Å². The molecule has 3 rings (SSSR count). The highest BCUT2D eigenvalue weighted by atomic mass is 35.5. The fraction of sp³-hybridized carbons (Fsp3) is 0.310. The van der Waals surface area contributed by atoms with E-state index in [4.69, 9.17) is 23.2 Å². The first kappa shape index (κ1) is 26.8. The summed E-state index contributed by atoms with van der Waals surface area (Å²) in [6.07, 6.45) is 2.27. The van der Waals surface area contributed by atoms with Crippen LogP contribution in [0.3, 0.4) is 0 Å². The van der Waals surface area contributed by atoms with Gasteiger partial charge in [-0.1, -0.05) is 97.2 Å². The average molecular weight is 511 g/mol. The molecule has 0 heterocycles. The summed E-state index contributed by atoms with van der Waals surface area (Å²) in [5, 5.41) is 3.92. The van der Waals surface area contributed by atoms with Gasteiger partial charge in [-0.2, -0.15) is 0 Å². The van der Waals surface area contributed by atoms with E-state index in [1.165, 1.54) is 0 Å². The number of carbonyl (C=O) groups excluding carboxylic acids is 2. The molecule has 4 nitrogen and oxygen atoms in total. The van der Waals surface area contributed by atoms with E-state index in [0.29, 0.717) is 35.1 Å². The van der Waals surface area contributed by atoms with E-state index in [1.54, 1.807) is 23.1 Å². The number of nitrogens with zero attached hydrogens (tertiary/aromatic N) is 1. The third-order valence-electron chi connectivity index (χ3n) is 6.09. The molecule has 0 saturated heterocycles. The quantitative estimate of drug-likeness (QED) is 0.303. The van der Waals surface area contributed by atoms with Gasteiger partial charge in [0.15, 0.2) is 0 Å². The number of rotatable bonds is 11. The van der Waals surface area contributed by atoms with Crippen molar-refractivity contribution >= 4 is 35.0 Å². The van der Waals surface area contributed by atoms with Crippen molar-refractivity contribution in [2.75, 3.05) is 6.54 Å². The van der Waals surface area contributed by atoms with Crippen LogP contribution in [0.1, 0.15) is 42.0 Å². The summed E-state index contributed by atoms with van der Waals surface area (Å²) in [5.74, 6) is -0.357. The van der Waals surface area contributed by atoms with Gasteiger partial charge in [0.05, 0.1) is 6.42 Å². The molecule has 0 radical (unpaired) electrons. The molecule has 0 aromatic heterocycles. The summed E-state index contributed by atoms with van der Waals surface area (Å²) < 4.78 is 0. The molecule has 2 amide bonds. The predicted octanol–water partition coefficient (Wildman–Crippen LogP) is 6.40. The number of carbonyl (C=O) groups is 2. The SMILES string of the molecule is CCCCNC(=O)C(Cc1ccccc1)N(Cc1ccccc1C)C(=O)Cc1c(Cl)cccc1Cl. The monoisotopic (exact) mass is 510 g/mol. The number of halogens is 2. The molecule has 0 saturated carbocycles. The Bertz CT molecular complexity index is 1110. The lowest BCUT2D eigenvalue weighted by molar-refractivity contribution is -0.140. The highest BCUT2D eigenvalue weighted by molar-refractivity contribution is 6.36. The molecule has 0 fully saturated rings. The highest BCUT2D eigenvalue weighted by Gasteiger charge is 2.31. The van der Waals surface area contributed by atoms with Crippen molar-refractivity contribution in [2.24, 2.45) is 0 Å². The van der Waals surface area contributed by atoms with Gasteiger partial charge in [0.1, 0.15) is 6.04 Å². The molecule has 1 unspecified atom stereocenters.